The first-order valence-corrected chi connectivity index (χ1v) is 5.84. The predicted molar refractivity (Wildman–Crippen MR) is 73.0 cm³/mol. The van der Waals surface area contributed by atoms with Gasteiger partial charge in [0.2, 0.25) is 0 Å². The summed E-state index contributed by atoms with van der Waals surface area (Å²) in [6.07, 6.45) is 0. The molecule has 18 heavy (non-hydrogen) atoms. The average molecular weight is 237 g/mol. The monoisotopic (exact) mass is 237 g/mol. The van der Waals surface area contributed by atoms with Gasteiger partial charge in [0.15, 0.2) is 0 Å². The van der Waals surface area contributed by atoms with Gasteiger partial charge in [0.1, 0.15) is 0 Å². The van der Waals surface area contributed by atoms with Crippen molar-refractivity contribution in [1.29, 1.82) is 5.26 Å². The zero-order chi connectivity index (χ0) is 12.8. The topological polar surface area (TPSA) is 61.8 Å². The Hall–Kier alpha value is -2.31. The quantitative estimate of drug-likeness (QED) is 0.859. The van der Waals surface area contributed by atoms with E-state index in [1.54, 1.807) is 12.1 Å². The molecule has 1 unspecified atom stereocenters. The molecule has 1 atom stereocenters. The number of rotatable bonds is 4. The summed E-state index contributed by atoms with van der Waals surface area (Å²) in [5.74, 6) is 0. The van der Waals surface area contributed by atoms with E-state index in [0.717, 1.165) is 11.3 Å². The Morgan fingerprint density at radius 1 is 1.06 bits per heavy atom. The lowest BCUT2D eigenvalue weighted by Gasteiger charge is -2.14. The smallest absolute Gasteiger partial charge is 0.0991 e. The molecule has 0 aromatic heterocycles. The maximum absolute atomic E-state index is 8.70. The molecule has 0 aliphatic rings. The van der Waals surface area contributed by atoms with Crippen LogP contribution in [0, 0.1) is 11.3 Å². The second kappa shape index (κ2) is 5.85. The van der Waals surface area contributed by atoms with Gasteiger partial charge in [0, 0.05) is 18.3 Å². The number of benzene rings is 2. The van der Waals surface area contributed by atoms with Gasteiger partial charge in [-0.1, -0.05) is 30.3 Å². The molecule has 90 valence electrons. The number of nitrogens with two attached hydrogens (primary N) is 1. The van der Waals surface area contributed by atoms with Gasteiger partial charge >= 0.3 is 0 Å². The third-order valence-corrected chi connectivity index (χ3v) is 2.77. The maximum Gasteiger partial charge on any atom is 0.0991 e. The average Bonchev–Trinajstić information content (AvgIpc) is 2.46. The molecule has 0 amide bonds. The molecule has 0 aliphatic carbocycles. The molecule has 0 saturated carbocycles. The highest BCUT2D eigenvalue weighted by molar-refractivity contribution is 5.47. The van der Waals surface area contributed by atoms with E-state index in [0.29, 0.717) is 12.1 Å². The van der Waals surface area contributed by atoms with Crippen molar-refractivity contribution in [3.05, 3.63) is 65.7 Å². The van der Waals surface area contributed by atoms with Crippen LogP contribution in [0.3, 0.4) is 0 Å². The highest BCUT2D eigenvalue weighted by Gasteiger charge is 2.04. The van der Waals surface area contributed by atoms with E-state index >= 15 is 0 Å². The fourth-order valence-corrected chi connectivity index (χ4v) is 1.71. The van der Waals surface area contributed by atoms with Gasteiger partial charge in [-0.2, -0.15) is 5.26 Å². The molecule has 0 fully saturated rings. The zero-order valence-electron chi connectivity index (χ0n) is 10.0. The minimum atomic E-state index is -0.0400. The zero-order valence-corrected chi connectivity index (χ0v) is 10.0. The molecular formula is C15H15N3. The highest BCUT2D eigenvalue weighted by Crippen LogP contribution is 2.13. The van der Waals surface area contributed by atoms with Crippen LogP contribution >= 0.6 is 0 Å². The standard InChI is InChI=1S/C15H15N3/c16-10-12-6-8-14(9-7-12)18-11-15(17)13-4-2-1-3-5-13/h1-9,15,18H,11,17H2. The van der Waals surface area contributed by atoms with Gasteiger partial charge in [-0.05, 0) is 29.8 Å². The molecule has 3 N–H and O–H groups in total. The molecular weight excluding hydrogens is 222 g/mol. The van der Waals surface area contributed by atoms with Crippen LogP contribution in [0.4, 0.5) is 5.69 Å². The first kappa shape index (κ1) is 12.2. The van der Waals surface area contributed by atoms with Gasteiger partial charge < -0.3 is 11.1 Å². The van der Waals surface area contributed by atoms with Crippen molar-refractivity contribution in [2.75, 3.05) is 11.9 Å². The number of hydrogen-bond acceptors (Lipinski definition) is 3. The normalized spacial score (nSPS) is 11.6. The molecule has 0 saturated heterocycles. The number of hydrogen-bond donors (Lipinski definition) is 2. The Labute approximate surface area is 107 Å². The summed E-state index contributed by atoms with van der Waals surface area (Å²) in [7, 11) is 0. The van der Waals surface area contributed by atoms with Crippen LogP contribution in [0.25, 0.3) is 0 Å². The third kappa shape index (κ3) is 3.09. The molecule has 0 radical (unpaired) electrons. The van der Waals surface area contributed by atoms with Crippen molar-refractivity contribution in [1.82, 2.24) is 0 Å². The van der Waals surface area contributed by atoms with E-state index < -0.39 is 0 Å². The molecule has 2 aromatic carbocycles. The lowest BCUT2D eigenvalue weighted by molar-refractivity contribution is 0.764. The molecule has 3 nitrogen and oxygen atoms in total. The summed E-state index contributed by atoms with van der Waals surface area (Å²) in [5.41, 5.74) is 8.83. The second-order valence-electron chi connectivity index (χ2n) is 4.09. The fraction of sp³-hybridized carbons (Fsp3) is 0.133. The first-order chi connectivity index (χ1) is 8.79. The largest absolute Gasteiger partial charge is 0.383 e. The second-order valence-corrected chi connectivity index (χ2v) is 4.09. The minimum Gasteiger partial charge on any atom is -0.383 e. The first-order valence-electron chi connectivity index (χ1n) is 5.84. The van der Waals surface area contributed by atoms with Crippen molar-refractivity contribution in [2.24, 2.45) is 5.73 Å². The number of nitrogens with one attached hydrogen (secondary N) is 1. The fourth-order valence-electron chi connectivity index (χ4n) is 1.71. The van der Waals surface area contributed by atoms with Gasteiger partial charge in [-0.3, -0.25) is 0 Å². The SMILES string of the molecule is N#Cc1ccc(NCC(N)c2ccccc2)cc1. The molecule has 0 bridgehead atoms. The van der Waals surface area contributed by atoms with Crippen molar-refractivity contribution in [3.8, 4) is 6.07 Å². The van der Waals surface area contributed by atoms with Gasteiger partial charge in [-0.25, -0.2) is 0 Å². The number of nitriles is 1. The summed E-state index contributed by atoms with van der Waals surface area (Å²) < 4.78 is 0. The van der Waals surface area contributed by atoms with E-state index in [-0.39, 0.29) is 6.04 Å². The van der Waals surface area contributed by atoms with E-state index in [4.69, 9.17) is 11.0 Å². The maximum atomic E-state index is 8.70. The highest BCUT2D eigenvalue weighted by atomic mass is 14.9. The minimum absolute atomic E-state index is 0.0400. The van der Waals surface area contributed by atoms with Gasteiger partial charge in [0.05, 0.1) is 11.6 Å². The predicted octanol–water partition coefficient (Wildman–Crippen LogP) is 2.67. The Bertz CT molecular complexity index is 526. The number of nitrogens with zero attached hydrogens (tertiary/aromatic N) is 1. The Kier molecular flexibility index (Phi) is 3.95. The molecule has 0 heterocycles. The molecule has 2 aromatic rings. The molecule has 0 aliphatic heterocycles. The Balaban J connectivity index is 1.93. The van der Waals surface area contributed by atoms with E-state index in [2.05, 4.69) is 11.4 Å². The summed E-state index contributed by atoms with van der Waals surface area (Å²) >= 11 is 0. The van der Waals surface area contributed by atoms with Crippen LogP contribution in [-0.4, -0.2) is 6.54 Å². The van der Waals surface area contributed by atoms with Crippen molar-refractivity contribution < 1.29 is 0 Å². The van der Waals surface area contributed by atoms with Crippen LogP contribution < -0.4 is 11.1 Å². The van der Waals surface area contributed by atoms with Crippen molar-refractivity contribution >= 4 is 5.69 Å². The lowest BCUT2D eigenvalue weighted by Crippen LogP contribution is -2.20. The summed E-state index contributed by atoms with van der Waals surface area (Å²) in [6.45, 7) is 0.663. The lowest BCUT2D eigenvalue weighted by atomic mass is 10.1. The summed E-state index contributed by atoms with van der Waals surface area (Å²) in [5, 5.41) is 12.0. The Morgan fingerprint density at radius 2 is 1.72 bits per heavy atom. The van der Waals surface area contributed by atoms with Crippen LogP contribution in [-0.2, 0) is 0 Å². The molecule has 0 spiro atoms. The molecule has 2 rings (SSSR count). The summed E-state index contributed by atoms with van der Waals surface area (Å²) in [4.78, 5) is 0. The van der Waals surface area contributed by atoms with Crippen LogP contribution in [0.1, 0.15) is 17.2 Å². The number of anilines is 1. The third-order valence-electron chi connectivity index (χ3n) is 2.77. The van der Waals surface area contributed by atoms with E-state index in [1.807, 2.05) is 42.5 Å². The van der Waals surface area contributed by atoms with Crippen molar-refractivity contribution in [2.45, 2.75) is 6.04 Å². The van der Waals surface area contributed by atoms with Crippen LogP contribution in [0.2, 0.25) is 0 Å². The van der Waals surface area contributed by atoms with Crippen LogP contribution in [0.15, 0.2) is 54.6 Å². The molecule has 3 heteroatoms. The van der Waals surface area contributed by atoms with Crippen LogP contribution in [0.5, 0.6) is 0 Å². The van der Waals surface area contributed by atoms with E-state index in [9.17, 15) is 0 Å². The van der Waals surface area contributed by atoms with Crippen molar-refractivity contribution in [3.63, 3.8) is 0 Å². The summed E-state index contributed by atoms with van der Waals surface area (Å²) in [6, 6.07) is 19.4. The van der Waals surface area contributed by atoms with Gasteiger partial charge in [0.25, 0.3) is 0 Å². The van der Waals surface area contributed by atoms with E-state index in [1.165, 1.54) is 0 Å². The Morgan fingerprint density at radius 3 is 2.33 bits per heavy atom. The van der Waals surface area contributed by atoms with Gasteiger partial charge in [-0.15, -0.1) is 0 Å².